The molecule has 1 aromatic heterocycles. The molecule has 1 aromatic carbocycles. The Morgan fingerprint density at radius 1 is 1.18 bits per heavy atom. The fraction of sp³-hybridized carbons (Fsp3) is 0.571. The molecule has 4 bridgehead atoms. The first-order valence-electron chi connectivity index (χ1n) is 10.1. The molecule has 4 aliphatic rings. The summed E-state index contributed by atoms with van der Waals surface area (Å²) in [7, 11) is 1.62. The average molecular weight is 400 g/mol. The molecule has 0 atom stereocenters. The van der Waals surface area contributed by atoms with Crippen molar-refractivity contribution in [2.75, 3.05) is 19.0 Å². The highest BCUT2D eigenvalue weighted by atomic mass is 32.1. The lowest BCUT2D eigenvalue weighted by Gasteiger charge is -2.55. The van der Waals surface area contributed by atoms with Gasteiger partial charge in [-0.3, -0.25) is 9.59 Å². The lowest BCUT2D eigenvalue weighted by molar-refractivity contribution is -0.146. The van der Waals surface area contributed by atoms with Crippen LogP contribution in [-0.2, 0) is 9.59 Å². The minimum absolute atomic E-state index is 0.000169. The number of amides is 2. The minimum atomic E-state index is -0.232. The van der Waals surface area contributed by atoms with Crippen molar-refractivity contribution in [3.8, 4) is 5.75 Å². The number of carbonyl (C=O) groups excluding carboxylic acids is 2. The molecule has 2 N–H and O–H groups in total. The van der Waals surface area contributed by atoms with Crippen LogP contribution in [0.2, 0.25) is 0 Å². The molecule has 0 spiro atoms. The van der Waals surface area contributed by atoms with Gasteiger partial charge in [0.15, 0.2) is 5.13 Å². The number of aromatic nitrogens is 1. The van der Waals surface area contributed by atoms with Crippen molar-refractivity contribution in [2.24, 2.45) is 23.2 Å². The SMILES string of the molecule is COc1ccc2nc(NC(=O)CNC(=O)C34CC5CC(CC(C5)C3)C4)sc2c1. The Kier molecular flexibility index (Phi) is 4.30. The van der Waals surface area contributed by atoms with Crippen LogP contribution in [0.4, 0.5) is 5.13 Å². The van der Waals surface area contributed by atoms with Gasteiger partial charge in [-0.05, 0) is 74.5 Å². The van der Waals surface area contributed by atoms with Crippen LogP contribution >= 0.6 is 11.3 Å². The zero-order valence-corrected chi connectivity index (χ0v) is 16.8. The number of thiazole rings is 1. The predicted octanol–water partition coefficient (Wildman–Crippen LogP) is 3.58. The Morgan fingerprint density at radius 2 is 1.86 bits per heavy atom. The van der Waals surface area contributed by atoms with Crippen LogP contribution in [0.25, 0.3) is 10.2 Å². The molecule has 0 saturated heterocycles. The quantitative estimate of drug-likeness (QED) is 0.805. The Hall–Kier alpha value is -2.15. The summed E-state index contributed by atoms with van der Waals surface area (Å²) in [6, 6.07) is 5.62. The maximum absolute atomic E-state index is 12.9. The van der Waals surface area contributed by atoms with Crippen LogP contribution in [0.5, 0.6) is 5.75 Å². The van der Waals surface area contributed by atoms with Crippen molar-refractivity contribution in [1.29, 1.82) is 0 Å². The van der Waals surface area contributed by atoms with E-state index in [-0.39, 0.29) is 23.8 Å². The van der Waals surface area contributed by atoms with Gasteiger partial charge in [0, 0.05) is 5.41 Å². The van der Waals surface area contributed by atoms with Gasteiger partial charge in [0.05, 0.1) is 23.9 Å². The van der Waals surface area contributed by atoms with E-state index in [4.69, 9.17) is 4.74 Å². The number of benzene rings is 1. The Labute approximate surface area is 168 Å². The van der Waals surface area contributed by atoms with E-state index >= 15 is 0 Å². The summed E-state index contributed by atoms with van der Waals surface area (Å²) in [6.45, 7) is -0.000169. The maximum Gasteiger partial charge on any atom is 0.245 e. The first-order chi connectivity index (χ1) is 13.5. The number of anilines is 1. The summed E-state index contributed by atoms with van der Waals surface area (Å²) in [5, 5.41) is 6.27. The first-order valence-corrected chi connectivity index (χ1v) is 10.9. The molecular weight excluding hydrogens is 374 g/mol. The molecule has 0 unspecified atom stereocenters. The zero-order valence-electron chi connectivity index (χ0n) is 16.0. The molecule has 4 fully saturated rings. The molecule has 4 saturated carbocycles. The van der Waals surface area contributed by atoms with Gasteiger partial charge in [-0.2, -0.15) is 0 Å². The fourth-order valence-electron chi connectivity index (χ4n) is 5.99. The molecule has 0 radical (unpaired) electrons. The maximum atomic E-state index is 12.9. The number of carbonyl (C=O) groups is 2. The summed E-state index contributed by atoms with van der Waals surface area (Å²) in [5.74, 6) is 2.75. The van der Waals surface area contributed by atoms with Gasteiger partial charge in [-0.15, -0.1) is 0 Å². The van der Waals surface area contributed by atoms with Gasteiger partial charge in [0.1, 0.15) is 5.75 Å². The molecule has 0 aliphatic heterocycles. The number of hydrogen-bond acceptors (Lipinski definition) is 5. The number of nitrogens with one attached hydrogen (secondary N) is 2. The molecule has 2 aromatic rings. The van der Waals surface area contributed by atoms with Gasteiger partial charge >= 0.3 is 0 Å². The second kappa shape index (κ2) is 6.72. The number of methoxy groups -OCH3 is 1. The van der Waals surface area contributed by atoms with E-state index in [2.05, 4.69) is 15.6 Å². The summed E-state index contributed by atoms with van der Waals surface area (Å²) < 4.78 is 6.17. The van der Waals surface area contributed by atoms with E-state index in [0.717, 1.165) is 35.2 Å². The Balaban J connectivity index is 1.20. The van der Waals surface area contributed by atoms with Gasteiger partial charge in [0.25, 0.3) is 0 Å². The average Bonchev–Trinajstić information content (AvgIpc) is 3.06. The van der Waals surface area contributed by atoms with Crippen LogP contribution in [0.3, 0.4) is 0 Å². The van der Waals surface area contributed by atoms with Crippen LogP contribution in [-0.4, -0.2) is 30.5 Å². The topological polar surface area (TPSA) is 80.3 Å². The van der Waals surface area contributed by atoms with Gasteiger partial charge in [-0.1, -0.05) is 11.3 Å². The summed E-state index contributed by atoms with van der Waals surface area (Å²) in [4.78, 5) is 29.7. The molecule has 1 heterocycles. The van der Waals surface area contributed by atoms with Crippen molar-refractivity contribution in [2.45, 2.75) is 38.5 Å². The highest BCUT2D eigenvalue weighted by Gasteiger charge is 2.54. The third-order valence-corrected chi connectivity index (χ3v) is 7.70. The lowest BCUT2D eigenvalue weighted by Crippen LogP contribution is -2.54. The fourth-order valence-corrected chi connectivity index (χ4v) is 6.90. The molecule has 28 heavy (non-hydrogen) atoms. The van der Waals surface area contributed by atoms with Crippen LogP contribution in [0.15, 0.2) is 18.2 Å². The second-order valence-electron chi connectivity index (χ2n) is 8.78. The molecule has 6 nitrogen and oxygen atoms in total. The first kappa shape index (κ1) is 17.9. The normalized spacial score (nSPS) is 30.4. The third kappa shape index (κ3) is 3.15. The Morgan fingerprint density at radius 3 is 2.50 bits per heavy atom. The van der Waals surface area contributed by atoms with Crippen molar-refractivity contribution < 1.29 is 14.3 Å². The van der Waals surface area contributed by atoms with Gasteiger partial charge in [-0.25, -0.2) is 4.98 Å². The summed E-state index contributed by atoms with van der Waals surface area (Å²) in [5.41, 5.74) is 0.597. The van der Waals surface area contributed by atoms with Crippen LogP contribution in [0, 0.1) is 23.2 Å². The second-order valence-corrected chi connectivity index (χ2v) is 9.81. The summed E-state index contributed by atoms with van der Waals surface area (Å²) in [6.07, 6.45) is 6.92. The van der Waals surface area contributed by atoms with E-state index in [1.54, 1.807) is 7.11 Å². The monoisotopic (exact) mass is 399 g/mol. The zero-order chi connectivity index (χ0) is 19.3. The summed E-state index contributed by atoms with van der Waals surface area (Å²) >= 11 is 1.40. The van der Waals surface area contributed by atoms with Gasteiger partial charge < -0.3 is 15.4 Å². The van der Waals surface area contributed by atoms with Crippen LogP contribution < -0.4 is 15.4 Å². The highest BCUT2D eigenvalue weighted by Crippen LogP contribution is 2.60. The third-order valence-electron chi connectivity index (χ3n) is 6.77. The molecular formula is C21H25N3O3S. The molecule has 148 valence electrons. The Bertz CT molecular complexity index is 903. The molecule has 2 amide bonds. The number of rotatable bonds is 5. The predicted molar refractivity (Wildman–Crippen MR) is 108 cm³/mol. The number of nitrogens with zero attached hydrogens (tertiary/aromatic N) is 1. The molecule has 7 heteroatoms. The van der Waals surface area contributed by atoms with E-state index in [1.165, 1.54) is 30.6 Å². The van der Waals surface area contributed by atoms with Crippen molar-refractivity contribution in [3.05, 3.63) is 18.2 Å². The standard InChI is InChI=1S/C21H25N3O3S/c1-27-15-2-3-16-17(7-15)28-20(23-16)24-18(25)11-22-19(26)21-8-12-4-13(9-21)6-14(5-12)10-21/h2-3,7,12-14H,4-6,8-11H2,1H3,(H,22,26)(H,23,24,25). The van der Waals surface area contributed by atoms with E-state index in [1.807, 2.05) is 18.2 Å². The molecule has 6 rings (SSSR count). The number of ether oxygens (including phenoxy) is 1. The van der Waals surface area contributed by atoms with Gasteiger partial charge in [0.2, 0.25) is 11.8 Å². The van der Waals surface area contributed by atoms with E-state index in [9.17, 15) is 9.59 Å². The smallest absolute Gasteiger partial charge is 0.245 e. The van der Waals surface area contributed by atoms with Crippen molar-refractivity contribution in [3.63, 3.8) is 0 Å². The van der Waals surface area contributed by atoms with E-state index < -0.39 is 0 Å². The molecule has 4 aliphatic carbocycles. The number of hydrogen-bond donors (Lipinski definition) is 2. The largest absolute Gasteiger partial charge is 0.497 e. The van der Waals surface area contributed by atoms with Crippen LogP contribution in [0.1, 0.15) is 38.5 Å². The minimum Gasteiger partial charge on any atom is -0.497 e. The lowest BCUT2D eigenvalue weighted by atomic mass is 9.49. The number of fused-ring (bicyclic) bond motifs is 1. The van der Waals surface area contributed by atoms with E-state index in [0.29, 0.717) is 22.9 Å². The van der Waals surface area contributed by atoms with Crippen molar-refractivity contribution >= 4 is 38.5 Å². The highest BCUT2D eigenvalue weighted by molar-refractivity contribution is 7.22. The van der Waals surface area contributed by atoms with Crippen molar-refractivity contribution in [1.82, 2.24) is 10.3 Å².